The lowest BCUT2D eigenvalue weighted by molar-refractivity contribution is -0.131. The number of rotatable bonds is 2. The van der Waals surface area contributed by atoms with Gasteiger partial charge in [0, 0.05) is 24.2 Å². The van der Waals surface area contributed by atoms with E-state index in [1.807, 2.05) is 6.07 Å². The van der Waals surface area contributed by atoms with Gasteiger partial charge in [0.2, 0.25) is 0 Å². The quantitative estimate of drug-likeness (QED) is 0.788. The van der Waals surface area contributed by atoms with E-state index in [4.69, 9.17) is 5.11 Å². The van der Waals surface area contributed by atoms with Crippen LogP contribution in [-0.4, -0.2) is 15.6 Å². The van der Waals surface area contributed by atoms with E-state index in [0.29, 0.717) is 0 Å². The third kappa shape index (κ3) is 1.82. The van der Waals surface area contributed by atoms with Crippen molar-refractivity contribution >= 4 is 22.9 Å². The number of carboxylic acids is 1. The van der Waals surface area contributed by atoms with Crippen LogP contribution in [0.2, 0.25) is 0 Å². The van der Waals surface area contributed by atoms with E-state index in [1.54, 1.807) is 17.7 Å². The second kappa shape index (κ2) is 3.81. The van der Waals surface area contributed by atoms with E-state index in [1.165, 1.54) is 18.2 Å². The third-order valence-electron chi connectivity index (χ3n) is 2.44. The Morgan fingerprint density at radius 3 is 2.88 bits per heavy atom. The highest BCUT2D eigenvalue weighted by molar-refractivity contribution is 5.88. The minimum absolute atomic E-state index is 0.303. The monoisotopic (exact) mass is 219 g/mol. The molecule has 1 heterocycles. The van der Waals surface area contributed by atoms with Crippen LogP contribution in [0.3, 0.4) is 0 Å². The van der Waals surface area contributed by atoms with Gasteiger partial charge in [-0.3, -0.25) is 0 Å². The van der Waals surface area contributed by atoms with E-state index in [2.05, 4.69) is 0 Å². The molecule has 82 valence electrons. The molecule has 1 aromatic carbocycles. The molecule has 0 aliphatic rings. The number of hydrogen-bond donors (Lipinski definition) is 1. The Morgan fingerprint density at radius 2 is 2.19 bits per heavy atom. The Kier molecular flexibility index (Phi) is 2.48. The zero-order chi connectivity index (χ0) is 11.7. The molecule has 0 fully saturated rings. The molecule has 16 heavy (non-hydrogen) atoms. The number of hydrogen-bond acceptors (Lipinski definition) is 1. The summed E-state index contributed by atoms with van der Waals surface area (Å²) in [6.07, 6.45) is 2.55. The van der Waals surface area contributed by atoms with Gasteiger partial charge < -0.3 is 9.67 Å². The predicted molar refractivity (Wildman–Crippen MR) is 59.5 cm³/mol. The number of aryl methyl sites for hydroxylation is 1. The normalized spacial score (nSPS) is 11.4. The highest BCUT2D eigenvalue weighted by Crippen LogP contribution is 2.20. The second-order valence-corrected chi connectivity index (χ2v) is 3.50. The fraction of sp³-hybridized carbons (Fsp3) is 0.0833. The molecular formula is C12H10FNO2. The topological polar surface area (TPSA) is 42.2 Å². The van der Waals surface area contributed by atoms with Crippen molar-refractivity contribution in [1.29, 1.82) is 0 Å². The largest absolute Gasteiger partial charge is 0.478 e. The van der Waals surface area contributed by atoms with Gasteiger partial charge in [-0.25, -0.2) is 9.18 Å². The van der Waals surface area contributed by atoms with Gasteiger partial charge in [0.1, 0.15) is 5.82 Å². The summed E-state index contributed by atoms with van der Waals surface area (Å²) in [5, 5.41) is 9.41. The molecule has 0 bridgehead atoms. The molecule has 2 rings (SSSR count). The Bertz CT molecular complexity index is 584. The van der Waals surface area contributed by atoms with Crippen molar-refractivity contribution in [3.05, 3.63) is 41.9 Å². The van der Waals surface area contributed by atoms with Crippen LogP contribution in [0.25, 0.3) is 17.0 Å². The van der Waals surface area contributed by atoms with Crippen molar-refractivity contribution in [2.24, 2.45) is 7.05 Å². The summed E-state index contributed by atoms with van der Waals surface area (Å²) in [4.78, 5) is 10.4. The fourth-order valence-corrected chi connectivity index (χ4v) is 1.64. The molecular weight excluding hydrogens is 209 g/mol. The minimum Gasteiger partial charge on any atom is -0.478 e. The molecule has 3 nitrogen and oxygen atoms in total. The Labute approximate surface area is 91.4 Å². The zero-order valence-electron chi connectivity index (χ0n) is 8.64. The number of fused-ring (bicyclic) bond motifs is 1. The van der Waals surface area contributed by atoms with Gasteiger partial charge in [-0.1, -0.05) is 0 Å². The summed E-state index contributed by atoms with van der Waals surface area (Å²) in [7, 11) is 1.77. The van der Waals surface area contributed by atoms with Crippen molar-refractivity contribution < 1.29 is 14.3 Å². The maximum absolute atomic E-state index is 13.0. The molecule has 1 aromatic heterocycles. The average Bonchev–Trinajstić information content (AvgIpc) is 2.53. The fourth-order valence-electron chi connectivity index (χ4n) is 1.64. The lowest BCUT2D eigenvalue weighted by Crippen LogP contribution is -1.92. The Morgan fingerprint density at radius 1 is 1.44 bits per heavy atom. The van der Waals surface area contributed by atoms with Gasteiger partial charge in [0.05, 0.1) is 5.52 Å². The lowest BCUT2D eigenvalue weighted by Gasteiger charge is -1.98. The molecule has 4 heteroatoms. The first kappa shape index (κ1) is 10.4. The van der Waals surface area contributed by atoms with Gasteiger partial charge in [0.25, 0.3) is 0 Å². The Hall–Kier alpha value is -2.10. The van der Waals surface area contributed by atoms with Gasteiger partial charge in [0.15, 0.2) is 0 Å². The van der Waals surface area contributed by atoms with Crippen LogP contribution >= 0.6 is 0 Å². The highest BCUT2D eigenvalue weighted by Gasteiger charge is 2.04. The van der Waals surface area contributed by atoms with Crippen LogP contribution in [0.15, 0.2) is 30.3 Å². The molecule has 0 unspecified atom stereocenters. The number of aromatic nitrogens is 1. The average molecular weight is 219 g/mol. The Balaban J connectivity index is 2.56. The van der Waals surface area contributed by atoms with Crippen molar-refractivity contribution in [3.8, 4) is 0 Å². The van der Waals surface area contributed by atoms with Gasteiger partial charge in [-0.05, 0) is 30.3 Å². The van der Waals surface area contributed by atoms with Crippen molar-refractivity contribution in [3.63, 3.8) is 0 Å². The predicted octanol–water partition coefficient (Wildman–Crippen LogP) is 2.42. The number of benzene rings is 1. The first-order valence-electron chi connectivity index (χ1n) is 4.74. The van der Waals surface area contributed by atoms with Crippen LogP contribution in [0.1, 0.15) is 5.69 Å². The van der Waals surface area contributed by atoms with Gasteiger partial charge in [-0.2, -0.15) is 0 Å². The maximum Gasteiger partial charge on any atom is 0.328 e. The number of carboxylic acid groups (broad SMARTS) is 1. The van der Waals surface area contributed by atoms with E-state index in [0.717, 1.165) is 22.7 Å². The highest BCUT2D eigenvalue weighted by atomic mass is 19.1. The maximum atomic E-state index is 13.0. The van der Waals surface area contributed by atoms with E-state index in [-0.39, 0.29) is 5.82 Å². The first-order chi connectivity index (χ1) is 7.58. The first-order valence-corrected chi connectivity index (χ1v) is 4.74. The van der Waals surface area contributed by atoms with E-state index < -0.39 is 5.97 Å². The van der Waals surface area contributed by atoms with E-state index >= 15 is 0 Å². The number of nitrogens with zero attached hydrogens (tertiary/aromatic N) is 1. The summed E-state index contributed by atoms with van der Waals surface area (Å²) in [6, 6.07) is 6.29. The zero-order valence-corrected chi connectivity index (χ0v) is 8.64. The SMILES string of the molecule is Cn1c(/C=C/C(=O)O)cc2ccc(F)cc21. The second-order valence-electron chi connectivity index (χ2n) is 3.50. The van der Waals surface area contributed by atoms with Crippen LogP contribution in [0.4, 0.5) is 4.39 Å². The molecule has 0 spiro atoms. The number of aliphatic carboxylic acids is 1. The van der Waals surface area contributed by atoms with E-state index in [9.17, 15) is 9.18 Å². The standard InChI is InChI=1S/C12H10FNO2/c1-14-10(4-5-12(15)16)6-8-2-3-9(13)7-11(8)14/h2-7H,1H3,(H,15,16)/b5-4+. The summed E-state index contributed by atoms with van der Waals surface area (Å²) >= 11 is 0. The molecule has 1 N–H and O–H groups in total. The van der Waals surface area contributed by atoms with Gasteiger partial charge >= 0.3 is 5.97 Å². The summed E-state index contributed by atoms with van der Waals surface area (Å²) in [6.45, 7) is 0. The van der Waals surface area contributed by atoms with Crippen LogP contribution in [-0.2, 0) is 11.8 Å². The van der Waals surface area contributed by atoms with Crippen molar-refractivity contribution in [1.82, 2.24) is 4.57 Å². The van der Waals surface area contributed by atoms with Crippen LogP contribution < -0.4 is 0 Å². The van der Waals surface area contributed by atoms with Crippen LogP contribution in [0.5, 0.6) is 0 Å². The number of carbonyl (C=O) groups is 1. The summed E-state index contributed by atoms with van der Waals surface area (Å²) in [5.74, 6) is -1.31. The molecule has 0 aliphatic carbocycles. The van der Waals surface area contributed by atoms with Crippen molar-refractivity contribution in [2.45, 2.75) is 0 Å². The minimum atomic E-state index is -1.00. The third-order valence-corrected chi connectivity index (χ3v) is 2.44. The molecule has 0 saturated carbocycles. The molecule has 2 aromatic rings. The summed E-state index contributed by atoms with van der Waals surface area (Å²) in [5.41, 5.74) is 1.47. The van der Waals surface area contributed by atoms with Gasteiger partial charge in [-0.15, -0.1) is 0 Å². The molecule has 0 saturated heterocycles. The lowest BCUT2D eigenvalue weighted by atomic mass is 10.2. The summed E-state index contributed by atoms with van der Waals surface area (Å²) < 4.78 is 14.8. The molecule has 0 atom stereocenters. The smallest absolute Gasteiger partial charge is 0.328 e. The molecule has 0 radical (unpaired) electrons. The molecule has 0 aliphatic heterocycles. The van der Waals surface area contributed by atoms with Crippen molar-refractivity contribution in [2.75, 3.05) is 0 Å². The molecule has 0 amide bonds. The van der Waals surface area contributed by atoms with Crippen LogP contribution in [0, 0.1) is 5.82 Å². The number of halogens is 1.